The number of nitrogens with one attached hydrogen (secondary N) is 2. The largest absolute Gasteiger partial charge is 0.356 e. The zero-order chi connectivity index (χ0) is 15.4. The molecule has 2 bridgehead atoms. The molecule has 0 spiro atoms. The molecule has 0 radical (unpaired) electrons. The molecule has 3 fully saturated rings. The number of likely N-dealkylation sites (tertiary alicyclic amines) is 1. The summed E-state index contributed by atoms with van der Waals surface area (Å²) in [6.45, 7) is 6.73. The molecule has 3 rings (SSSR count). The van der Waals surface area contributed by atoms with Crippen LogP contribution in [-0.4, -0.2) is 49.1 Å². The van der Waals surface area contributed by atoms with Crippen molar-refractivity contribution in [3.8, 4) is 0 Å². The zero-order valence-electron chi connectivity index (χ0n) is 15.0. The van der Waals surface area contributed by atoms with Crippen molar-refractivity contribution in [3.05, 3.63) is 0 Å². The lowest BCUT2D eigenvalue weighted by Crippen LogP contribution is -2.41. The average molecular weight is 380 g/mol. The first kappa shape index (κ1) is 22.0. The van der Waals surface area contributed by atoms with Crippen molar-refractivity contribution in [2.45, 2.75) is 70.4 Å². The van der Waals surface area contributed by atoms with Crippen LogP contribution in [0.25, 0.3) is 0 Å². The lowest BCUT2D eigenvalue weighted by atomic mass is 9.89. The Morgan fingerprint density at radius 3 is 2.38 bits per heavy atom. The molecule has 2 N–H and O–H groups in total. The maximum Gasteiger partial charge on any atom is 0.220 e. The lowest BCUT2D eigenvalue weighted by molar-refractivity contribution is -0.122. The van der Waals surface area contributed by atoms with E-state index in [0.29, 0.717) is 23.9 Å². The van der Waals surface area contributed by atoms with Gasteiger partial charge in [-0.25, -0.2) is 0 Å². The quantitative estimate of drug-likeness (QED) is 0.745. The molecule has 4 nitrogen and oxygen atoms in total. The molecule has 0 aromatic rings. The van der Waals surface area contributed by atoms with Crippen LogP contribution in [0.4, 0.5) is 0 Å². The number of amides is 1. The van der Waals surface area contributed by atoms with Crippen LogP contribution in [0.15, 0.2) is 0 Å². The number of carbonyl (C=O) groups is 1. The van der Waals surface area contributed by atoms with Crippen LogP contribution in [0.1, 0.15) is 58.3 Å². The zero-order valence-corrected chi connectivity index (χ0v) is 16.6. The Labute approximate surface area is 159 Å². The smallest absolute Gasteiger partial charge is 0.220 e. The van der Waals surface area contributed by atoms with Crippen LogP contribution in [0.5, 0.6) is 0 Å². The molecule has 0 aromatic carbocycles. The molecule has 3 unspecified atom stereocenters. The second-order valence-corrected chi connectivity index (χ2v) is 7.95. The topological polar surface area (TPSA) is 44.4 Å². The fraction of sp³-hybridized carbons (Fsp3) is 0.944. The summed E-state index contributed by atoms with van der Waals surface area (Å²) in [6, 6.07) is 1.38. The van der Waals surface area contributed by atoms with Crippen LogP contribution < -0.4 is 10.6 Å². The fourth-order valence-corrected chi connectivity index (χ4v) is 4.61. The molecule has 142 valence electrons. The van der Waals surface area contributed by atoms with Crippen molar-refractivity contribution < 1.29 is 4.79 Å². The van der Waals surface area contributed by atoms with E-state index in [-0.39, 0.29) is 30.7 Å². The van der Waals surface area contributed by atoms with E-state index in [2.05, 4.69) is 22.5 Å². The number of carbonyl (C=O) groups excluding carboxylic acids is 1. The molecule has 0 saturated carbocycles. The van der Waals surface area contributed by atoms with E-state index in [1.807, 2.05) is 0 Å². The molecule has 3 aliphatic heterocycles. The summed E-state index contributed by atoms with van der Waals surface area (Å²) in [5.74, 6) is 1.44. The van der Waals surface area contributed by atoms with Gasteiger partial charge in [0.1, 0.15) is 0 Å². The highest BCUT2D eigenvalue weighted by molar-refractivity contribution is 5.85. The number of halogens is 2. The molecule has 3 heterocycles. The van der Waals surface area contributed by atoms with Crippen molar-refractivity contribution in [3.63, 3.8) is 0 Å². The minimum atomic E-state index is 0. The molecule has 1 amide bonds. The predicted molar refractivity (Wildman–Crippen MR) is 104 cm³/mol. The summed E-state index contributed by atoms with van der Waals surface area (Å²) in [5, 5.41) is 6.84. The maximum absolute atomic E-state index is 12.2. The highest BCUT2D eigenvalue weighted by Crippen LogP contribution is 2.32. The molecular weight excluding hydrogens is 345 g/mol. The summed E-state index contributed by atoms with van der Waals surface area (Å²) >= 11 is 0. The van der Waals surface area contributed by atoms with E-state index in [1.54, 1.807) is 0 Å². The van der Waals surface area contributed by atoms with Crippen molar-refractivity contribution in [1.82, 2.24) is 15.5 Å². The summed E-state index contributed by atoms with van der Waals surface area (Å²) < 4.78 is 0. The highest BCUT2D eigenvalue weighted by atomic mass is 35.5. The molecule has 3 saturated heterocycles. The lowest BCUT2D eigenvalue weighted by Gasteiger charge is -2.30. The first-order valence-electron chi connectivity index (χ1n) is 9.44. The van der Waals surface area contributed by atoms with E-state index in [9.17, 15) is 4.79 Å². The Hall–Kier alpha value is -0.0300. The van der Waals surface area contributed by atoms with Crippen molar-refractivity contribution in [1.29, 1.82) is 0 Å². The third-order valence-corrected chi connectivity index (χ3v) is 5.71. The maximum atomic E-state index is 12.2. The Kier molecular flexibility index (Phi) is 9.95. The number of hydrogen-bond donors (Lipinski definition) is 2. The van der Waals surface area contributed by atoms with Gasteiger partial charge in [-0.3, -0.25) is 4.79 Å². The summed E-state index contributed by atoms with van der Waals surface area (Å²) in [7, 11) is 0. The number of hydrogen-bond acceptors (Lipinski definition) is 3. The summed E-state index contributed by atoms with van der Waals surface area (Å²) in [4.78, 5) is 14.8. The van der Waals surface area contributed by atoms with E-state index >= 15 is 0 Å². The van der Waals surface area contributed by atoms with E-state index < -0.39 is 0 Å². The molecule has 3 aliphatic rings. The molecule has 0 aliphatic carbocycles. The van der Waals surface area contributed by atoms with Gasteiger partial charge < -0.3 is 15.5 Å². The minimum absolute atomic E-state index is 0. The van der Waals surface area contributed by atoms with Gasteiger partial charge in [0.05, 0.1) is 0 Å². The van der Waals surface area contributed by atoms with Gasteiger partial charge in [-0.15, -0.1) is 24.8 Å². The standard InChI is InChI=1S/C18H33N3O.2ClH/c1-14(13-21-7-3-2-4-8-21)12-19-18(22)11-15-9-16-5-6-17(10-15)20-16;;/h14-17,20H,2-13H2,1H3,(H,19,22);2*1H. The van der Waals surface area contributed by atoms with Gasteiger partial charge in [-0.2, -0.15) is 0 Å². The van der Waals surface area contributed by atoms with E-state index in [0.717, 1.165) is 19.5 Å². The predicted octanol–water partition coefficient (Wildman–Crippen LogP) is 2.99. The normalized spacial score (nSPS) is 30.8. The van der Waals surface area contributed by atoms with Gasteiger partial charge >= 0.3 is 0 Å². The van der Waals surface area contributed by atoms with Gasteiger partial charge in [0, 0.05) is 31.6 Å². The number of nitrogens with zero attached hydrogens (tertiary/aromatic N) is 1. The monoisotopic (exact) mass is 379 g/mol. The van der Waals surface area contributed by atoms with E-state index in [4.69, 9.17) is 0 Å². The Bertz CT molecular complexity index is 365. The second kappa shape index (κ2) is 10.8. The van der Waals surface area contributed by atoms with Gasteiger partial charge in [0.2, 0.25) is 5.91 Å². The van der Waals surface area contributed by atoms with Gasteiger partial charge in [0.15, 0.2) is 0 Å². The van der Waals surface area contributed by atoms with Crippen molar-refractivity contribution in [2.75, 3.05) is 26.2 Å². The van der Waals surface area contributed by atoms with Crippen LogP contribution in [0.2, 0.25) is 0 Å². The molecule has 6 heteroatoms. The Morgan fingerprint density at radius 2 is 1.75 bits per heavy atom. The van der Waals surface area contributed by atoms with Gasteiger partial charge in [-0.1, -0.05) is 13.3 Å². The first-order chi connectivity index (χ1) is 10.7. The SMILES string of the molecule is CC(CNC(=O)CC1CC2CCC(C1)N2)CN1CCCCC1.Cl.Cl. The third kappa shape index (κ3) is 6.70. The molecule has 0 aromatic heterocycles. The Morgan fingerprint density at radius 1 is 1.12 bits per heavy atom. The van der Waals surface area contributed by atoms with Gasteiger partial charge in [0.25, 0.3) is 0 Å². The Balaban J connectivity index is 0.00000144. The first-order valence-corrected chi connectivity index (χ1v) is 9.44. The summed E-state index contributed by atoms with van der Waals surface area (Å²) in [6.07, 6.45) is 9.85. The minimum Gasteiger partial charge on any atom is -0.356 e. The van der Waals surface area contributed by atoms with Crippen LogP contribution >= 0.6 is 24.8 Å². The molecule has 3 atom stereocenters. The van der Waals surface area contributed by atoms with E-state index in [1.165, 1.54) is 58.0 Å². The van der Waals surface area contributed by atoms with Crippen LogP contribution in [0, 0.1) is 11.8 Å². The molecule has 24 heavy (non-hydrogen) atoms. The van der Waals surface area contributed by atoms with Gasteiger partial charge in [-0.05, 0) is 63.5 Å². The van der Waals surface area contributed by atoms with Crippen molar-refractivity contribution in [2.24, 2.45) is 11.8 Å². The average Bonchev–Trinajstić information content (AvgIpc) is 2.85. The second-order valence-electron chi connectivity index (χ2n) is 7.95. The third-order valence-electron chi connectivity index (χ3n) is 5.71. The number of rotatable bonds is 6. The molecular formula is C18H35Cl2N3O. The number of fused-ring (bicyclic) bond motifs is 2. The highest BCUT2D eigenvalue weighted by Gasteiger charge is 2.34. The fourth-order valence-electron chi connectivity index (χ4n) is 4.61. The summed E-state index contributed by atoms with van der Waals surface area (Å²) in [5.41, 5.74) is 0. The van der Waals surface area contributed by atoms with Crippen molar-refractivity contribution >= 4 is 30.7 Å². The van der Waals surface area contributed by atoms with Crippen LogP contribution in [-0.2, 0) is 4.79 Å². The van der Waals surface area contributed by atoms with Crippen LogP contribution in [0.3, 0.4) is 0 Å². The number of piperidine rings is 2.